The average Bonchev–Trinajstić information content (AvgIpc) is 3.63. The third kappa shape index (κ3) is 4.01. The summed E-state index contributed by atoms with van der Waals surface area (Å²) in [6.07, 6.45) is 4.15. The van der Waals surface area contributed by atoms with Gasteiger partial charge >= 0.3 is 0 Å². The molecule has 2 aromatic carbocycles. The lowest BCUT2D eigenvalue weighted by atomic mass is 9.97. The standard InChI is InChI=1S/C27H26N4O3/c1-18(2)27(32)31-24(16-23(28-31)25-13-8-14-34-25)22-17-30(20-10-5-4-6-11-20)29-26(22)19-9-7-12-21(15-19)33-3/h4-15,17-18,24H,16H2,1-3H3/t24-/m1/s1. The predicted octanol–water partition coefficient (Wildman–Crippen LogP) is 5.47. The van der Waals surface area contributed by atoms with Crippen LogP contribution in [0.5, 0.6) is 5.75 Å². The van der Waals surface area contributed by atoms with Crippen molar-refractivity contribution in [1.82, 2.24) is 14.8 Å². The maximum atomic E-state index is 13.2. The number of furan rings is 1. The summed E-state index contributed by atoms with van der Waals surface area (Å²) in [4.78, 5) is 13.2. The van der Waals surface area contributed by atoms with Gasteiger partial charge in [0.15, 0.2) is 0 Å². The SMILES string of the molecule is COc1cccc(-c2nn(-c3ccccc3)cc2[C@H]2CC(c3ccco3)=NN2C(=O)C(C)C)c1. The summed E-state index contributed by atoms with van der Waals surface area (Å²) in [7, 11) is 1.64. The van der Waals surface area contributed by atoms with Crippen LogP contribution in [0.15, 0.2) is 88.7 Å². The molecule has 0 bridgehead atoms. The van der Waals surface area contributed by atoms with Gasteiger partial charge < -0.3 is 9.15 Å². The van der Waals surface area contributed by atoms with E-state index in [0.29, 0.717) is 12.2 Å². The molecule has 7 nitrogen and oxygen atoms in total. The molecule has 1 aliphatic rings. The molecule has 0 saturated carbocycles. The maximum Gasteiger partial charge on any atom is 0.245 e. The van der Waals surface area contributed by atoms with E-state index in [0.717, 1.165) is 34.0 Å². The number of carbonyl (C=O) groups excluding carboxylic acids is 1. The average molecular weight is 455 g/mol. The molecule has 172 valence electrons. The maximum absolute atomic E-state index is 13.2. The Morgan fingerprint density at radius 1 is 1.09 bits per heavy atom. The van der Waals surface area contributed by atoms with Gasteiger partial charge in [0, 0.05) is 29.7 Å². The molecular weight excluding hydrogens is 428 g/mol. The largest absolute Gasteiger partial charge is 0.497 e. The minimum absolute atomic E-state index is 0.0457. The minimum atomic E-state index is -0.311. The van der Waals surface area contributed by atoms with E-state index < -0.39 is 0 Å². The van der Waals surface area contributed by atoms with Crippen LogP contribution >= 0.6 is 0 Å². The minimum Gasteiger partial charge on any atom is -0.497 e. The van der Waals surface area contributed by atoms with E-state index in [2.05, 4.69) is 0 Å². The van der Waals surface area contributed by atoms with Crippen LogP contribution in [-0.4, -0.2) is 33.5 Å². The summed E-state index contributed by atoms with van der Waals surface area (Å²) >= 11 is 0. The Morgan fingerprint density at radius 2 is 1.91 bits per heavy atom. The van der Waals surface area contributed by atoms with Gasteiger partial charge in [-0.3, -0.25) is 4.79 Å². The first-order valence-electron chi connectivity index (χ1n) is 11.3. The van der Waals surface area contributed by atoms with E-state index in [9.17, 15) is 4.79 Å². The number of rotatable bonds is 6. The van der Waals surface area contributed by atoms with Gasteiger partial charge in [-0.1, -0.05) is 44.2 Å². The Bertz CT molecular complexity index is 1320. The van der Waals surface area contributed by atoms with E-state index in [-0.39, 0.29) is 17.9 Å². The highest BCUT2D eigenvalue weighted by molar-refractivity contribution is 6.01. The van der Waals surface area contributed by atoms with E-state index in [1.807, 2.05) is 91.5 Å². The number of hydrogen-bond donors (Lipinski definition) is 0. The van der Waals surface area contributed by atoms with E-state index in [4.69, 9.17) is 19.4 Å². The Labute approximate surface area is 198 Å². The van der Waals surface area contributed by atoms with Crippen molar-refractivity contribution in [2.24, 2.45) is 11.0 Å². The fraction of sp³-hybridized carbons (Fsp3) is 0.222. The van der Waals surface area contributed by atoms with Crippen LogP contribution in [0.25, 0.3) is 16.9 Å². The molecule has 0 N–H and O–H groups in total. The molecule has 0 fully saturated rings. The van der Waals surface area contributed by atoms with Crippen molar-refractivity contribution in [3.8, 4) is 22.7 Å². The molecule has 3 heterocycles. The van der Waals surface area contributed by atoms with E-state index >= 15 is 0 Å². The third-order valence-electron chi connectivity index (χ3n) is 5.90. The van der Waals surface area contributed by atoms with E-state index in [1.165, 1.54) is 0 Å². The third-order valence-corrected chi connectivity index (χ3v) is 5.90. The molecule has 1 aliphatic heterocycles. The molecule has 0 aliphatic carbocycles. The molecule has 1 amide bonds. The highest BCUT2D eigenvalue weighted by Gasteiger charge is 2.37. The van der Waals surface area contributed by atoms with Gasteiger partial charge in [-0.15, -0.1) is 0 Å². The van der Waals surface area contributed by atoms with Gasteiger partial charge in [-0.25, -0.2) is 9.69 Å². The molecular formula is C27H26N4O3. The zero-order chi connectivity index (χ0) is 23.7. The molecule has 5 rings (SSSR count). The quantitative estimate of drug-likeness (QED) is 0.387. The van der Waals surface area contributed by atoms with Crippen LogP contribution in [0.3, 0.4) is 0 Å². The van der Waals surface area contributed by atoms with Gasteiger partial charge in [0.1, 0.15) is 17.2 Å². The van der Waals surface area contributed by atoms with Crippen molar-refractivity contribution in [2.45, 2.75) is 26.3 Å². The van der Waals surface area contributed by atoms with Crippen molar-refractivity contribution >= 4 is 11.6 Å². The van der Waals surface area contributed by atoms with Gasteiger partial charge in [-0.05, 0) is 36.4 Å². The zero-order valence-electron chi connectivity index (χ0n) is 19.4. The number of amides is 1. The highest BCUT2D eigenvalue weighted by Crippen LogP contribution is 2.39. The lowest BCUT2D eigenvalue weighted by Gasteiger charge is -2.23. The Hall–Kier alpha value is -4.13. The number of benzene rings is 2. The van der Waals surface area contributed by atoms with Gasteiger partial charge in [0.05, 0.1) is 30.8 Å². The number of nitrogens with zero attached hydrogens (tertiary/aromatic N) is 4. The Balaban J connectivity index is 1.65. The molecule has 2 aromatic heterocycles. The number of para-hydroxylation sites is 1. The molecule has 0 spiro atoms. The van der Waals surface area contributed by atoms with Crippen LogP contribution in [0.4, 0.5) is 0 Å². The Morgan fingerprint density at radius 3 is 2.62 bits per heavy atom. The summed E-state index contributed by atoms with van der Waals surface area (Å²) in [6.45, 7) is 3.77. The summed E-state index contributed by atoms with van der Waals surface area (Å²) in [5.41, 5.74) is 4.28. The van der Waals surface area contributed by atoms with Crippen LogP contribution in [0.2, 0.25) is 0 Å². The van der Waals surface area contributed by atoms with Crippen LogP contribution in [-0.2, 0) is 4.79 Å². The first kappa shape index (κ1) is 21.7. The number of hydrogen-bond acceptors (Lipinski definition) is 5. The number of carbonyl (C=O) groups is 1. The second-order valence-electron chi connectivity index (χ2n) is 8.53. The fourth-order valence-electron chi connectivity index (χ4n) is 4.15. The highest BCUT2D eigenvalue weighted by atomic mass is 16.5. The van der Waals surface area contributed by atoms with Crippen molar-refractivity contribution in [3.63, 3.8) is 0 Å². The number of aromatic nitrogens is 2. The lowest BCUT2D eigenvalue weighted by Crippen LogP contribution is -2.30. The van der Waals surface area contributed by atoms with Crippen molar-refractivity contribution in [2.75, 3.05) is 7.11 Å². The normalized spacial score (nSPS) is 15.6. The van der Waals surface area contributed by atoms with E-state index in [1.54, 1.807) is 18.4 Å². The topological polar surface area (TPSA) is 72.9 Å². The smallest absolute Gasteiger partial charge is 0.245 e. The lowest BCUT2D eigenvalue weighted by molar-refractivity contribution is -0.136. The molecule has 4 aromatic rings. The zero-order valence-corrected chi connectivity index (χ0v) is 19.4. The predicted molar refractivity (Wildman–Crippen MR) is 130 cm³/mol. The van der Waals surface area contributed by atoms with Crippen LogP contribution < -0.4 is 4.74 Å². The summed E-state index contributed by atoms with van der Waals surface area (Å²) < 4.78 is 12.9. The van der Waals surface area contributed by atoms with Crippen molar-refractivity contribution in [1.29, 1.82) is 0 Å². The van der Waals surface area contributed by atoms with Crippen LogP contribution in [0.1, 0.15) is 37.6 Å². The number of hydrazone groups is 1. The molecule has 34 heavy (non-hydrogen) atoms. The van der Waals surface area contributed by atoms with Gasteiger partial charge in [0.2, 0.25) is 5.91 Å². The molecule has 0 radical (unpaired) electrons. The van der Waals surface area contributed by atoms with Crippen molar-refractivity contribution in [3.05, 3.63) is 90.5 Å². The summed E-state index contributed by atoms with van der Waals surface area (Å²) in [5.74, 6) is 1.16. The number of ether oxygens (including phenoxy) is 1. The summed E-state index contributed by atoms with van der Waals surface area (Å²) in [5, 5.41) is 11.2. The van der Waals surface area contributed by atoms with Gasteiger partial charge in [-0.2, -0.15) is 10.2 Å². The molecule has 0 unspecified atom stereocenters. The molecule has 7 heteroatoms. The fourth-order valence-corrected chi connectivity index (χ4v) is 4.15. The first-order valence-corrected chi connectivity index (χ1v) is 11.3. The second-order valence-corrected chi connectivity index (χ2v) is 8.53. The summed E-state index contributed by atoms with van der Waals surface area (Å²) in [6, 6.07) is 21.1. The van der Waals surface area contributed by atoms with Gasteiger partial charge in [0.25, 0.3) is 0 Å². The molecule has 1 atom stereocenters. The van der Waals surface area contributed by atoms with Crippen molar-refractivity contribution < 1.29 is 13.9 Å². The number of methoxy groups -OCH3 is 1. The second kappa shape index (κ2) is 9.02. The van der Waals surface area contributed by atoms with Crippen LogP contribution in [0, 0.1) is 5.92 Å². The monoisotopic (exact) mass is 454 g/mol. The Kier molecular flexibility index (Phi) is 5.76. The molecule has 0 saturated heterocycles. The first-order chi connectivity index (χ1) is 16.5.